The molecule has 3 atom stereocenters. The number of ketones is 2. The lowest BCUT2D eigenvalue weighted by Crippen LogP contribution is -2.58. The average Bonchev–Trinajstić information content (AvgIpc) is 2.91. The number of amides is 2. The monoisotopic (exact) mass is 564 g/mol. The fourth-order valence-electron chi connectivity index (χ4n) is 6.00. The first kappa shape index (κ1) is 27.9. The van der Waals surface area contributed by atoms with Crippen molar-refractivity contribution < 1.29 is 49.1 Å². The number of benzene rings is 2. The van der Waals surface area contributed by atoms with Gasteiger partial charge in [-0.25, -0.2) is 4.79 Å². The quantitative estimate of drug-likeness (QED) is 0.223. The van der Waals surface area contributed by atoms with Crippen LogP contribution in [0.3, 0.4) is 0 Å². The molecule has 12 heteroatoms. The van der Waals surface area contributed by atoms with E-state index in [0.717, 1.165) is 0 Å². The first-order valence-electron chi connectivity index (χ1n) is 12.8. The molecule has 5 rings (SSSR count). The smallest absolute Gasteiger partial charge is 0.411 e. The Bertz CT molecular complexity index is 1540. The molecule has 3 aliphatic carbocycles. The van der Waals surface area contributed by atoms with Gasteiger partial charge in [0.2, 0.25) is 5.78 Å². The number of methoxy groups -OCH3 is 1. The van der Waals surface area contributed by atoms with Crippen molar-refractivity contribution in [1.82, 2.24) is 0 Å². The summed E-state index contributed by atoms with van der Waals surface area (Å²) in [7, 11) is 1.49. The van der Waals surface area contributed by atoms with Crippen molar-refractivity contribution in [3.05, 3.63) is 64.4 Å². The Morgan fingerprint density at radius 2 is 1.76 bits per heavy atom. The van der Waals surface area contributed by atoms with Crippen LogP contribution in [0.25, 0.3) is 16.9 Å². The van der Waals surface area contributed by atoms with Gasteiger partial charge in [-0.05, 0) is 53.6 Å². The van der Waals surface area contributed by atoms with Gasteiger partial charge in [0.15, 0.2) is 11.4 Å². The van der Waals surface area contributed by atoms with Gasteiger partial charge in [0, 0.05) is 30.7 Å². The highest BCUT2D eigenvalue weighted by Crippen LogP contribution is 2.53. The Kier molecular flexibility index (Phi) is 7.05. The van der Waals surface area contributed by atoms with Crippen molar-refractivity contribution in [3.8, 4) is 16.9 Å². The summed E-state index contributed by atoms with van der Waals surface area (Å²) in [6.45, 7) is 0.355. The normalized spacial score (nSPS) is 23.5. The Labute approximate surface area is 233 Å². The minimum absolute atomic E-state index is 0.00134. The molecule has 2 aromatic rings. The average molecular weight is 565 g/mol. The van der Waals surface area contributed by atoms with Gasteiger partial charge >= 0.3 is 6.09 Å². The molecule has 2 amide bonds. The number of nitrogens with two attached hydrogens (primary N) is 1. The molecule has 0 spiro atoms. The van der Waals surface area contributed by atoms with Gasteiger partial charge in [-0.15, -0.1) is 0 Å². The van der Waals surface area contributed by atoms with Gasteiger partial charge in [-0.2, -0.15) is 0 Å². The largest absolute Gasteiger partial charge is 0.508 e. The number of anilines is 1. The van der Waals surface area contributed by atoms with Crippen molar-refractivity contribution in [2.45, 2.75) is 24.9 Å². The molecule has 0 aliphatic heterocycles. The maximum Gasteiger partial charge on any atom is 0.411 e. The van der Waals surface area contributed by atoms with Gasteiger partial charge in [0.1, 0.15) is 29.4 Å². The molecule has 7 N–H and O–H groups in total. The number of fused-ring (bicyclic) bond motifs is 3. The molecular formula is C29H28N2O10. The number of Topliss-reactive ketones (excluding diaryl/α,β-unsaturated/α-hetero) is 2. The van der Waals surface area contributed by atoms with Crippen LogP contribution in [0.4, 0.5) is 10.5 Å². The molecule has 0 saturated heterocycles. The first-order valence-corrected chi connectivity index (χ1v) is 12.8. The first-order chi connectivity index (χ1) is 19.5. The highest BCUT2D eigenvalue weighted by molar-refractivity contribution is 6.22. The number of phenols is 1. The predicted octanol–water partition coefficient (Wildman–Crippen LogP) is 2.29. The number of carbonyl (C=O) groups excluding carboxylic acids is 4. The Hall–Kier alpha value is -4.68. The van der Waals surface area contributed by atoms with E-state index in [1.807, 2.05) is 0 Å². The molecule has 0 radical (unpaired) electrons. The molecule has 0 bridgehead atoms. The number of primary amides is 1. The van der Waals surface area contributed by atoms with Crippen LogP contribution in [-0.4, -0.2) is 69.9 Å². The highest BCUT2D eigenvalue weighted by Gasteiger charge is 2.60. The van der Waals surface area contributed by atoms with Crippen molar-refractivity contribution in [3.63, 3.8) is 0 Å². The molecule has 12 nitrogen and oxygen atoms in total. The second-order valence-electron chi connectivity index (χ2n) is 10.2. The molecule has 1 saturated carbocycles. The van der Waals surface area contributed by atoms with E-state index in [-0.39, 0.29) is 42.9 Å². The Morgan fingerprint density at radius 1 is 1.05 bits per heavy atom. The lowest BCUT2D eigenvalue weighted by atomic mass is 9.59. The zero-order chi connectivity index (χ0) is 29.6. The van der Waals surface area contributed by atoms with Gasteiger partial charge in [-0.1, -0.05) is 18.2 Å². The summed E-state index contributed by atoms with van der Waals surface area (Å²) >= 11 is 0. The number of hydrogen-bond acceptors (Lipinski definition) is 10. The summed E-state index contributed by atoms with van der Waals surface area (Å²) in [4.78, 5) is 49.9. The predicted molar refractivity (Wildman–Crippen MR) is 144 cm³/mol. The van der Waals surface area contributed by atoms with Gasteiger partial charge in [0.05, 0.1) is 12.2 Å². The SMILES string of the molecule is COCCOC(=O)Nc1ccc(-c2ccc(O)c3c2C[C@@H]2C[C@@H]4CC(=O)C(C(N)=O)=C(O)[C@]4(O)C(=O)C2=C3O)cc1. The van der Waals surface area contributed by atoms with Crippen LogP contribution in [0.1, 0.15) is 24.0 Å². The van der Waals surface area contributed by atoms with Gasteiger partial charge in [-0.3, -0.25) is 19.7 Å². The number of aliphatic hydroxyl groups excluding tert-OH is 2. The second kappa shape index (κ2) is 10.4. The minimum atomic E-state index is -2.61. The summed E-state index contributed by atoms with van der Waals surface area (Å²) in [5.41, 5.74) is 3.90. The second-order valence-corrected chi connectivity index (χ2v) is 10.2. The Morgan fingerprint density at radius 3 is 2.41 bits per heavy atom. The highest BCUT2D eigenvalue weighted by atomic mass is 16.6. The maximum atomic E-state index is 13.6. The topological polar surface area (TPSA) is 206 Å². The fourth-order valence-corrected chi connectivity index (χ4v) is 6.00. The van der Waals surface area contributed by atoms with Crippen LogP contribution in [0.15, 0.2) is 53.3 Å². The number of aromatic hydroxyl groups is 1. The lowest BCUT2D eigenvalue weighted by Gasteiger charge is -2.46. The van der Waals surface area contributed by atoms with Crippen LogP contribution >= 0.6 is 0 Å². The van der Waals surface area contributed by atoms with Crippen molar-refractivity contribution in [2.24, 2.45) is 17.6 Å². The molecule has 0 aromatic heterocycles. The number of nitrogens with one attached hydrogen (secondary N) is 1. The number of aliphatic hydroxyl groups is 3. The zero-order valence-electron chi connectivity index (χ0n) is 22.0. The van der Waals surface area contributed by atoms with E-state index in [0.29, 0.717) is 22.4 Å². The third-order valence-electron chi connectivity index (χ3n) is 7.91. The maximum absolute atomic E-state index is 13.6. The molecule has 0 unspecified atom stereocenters. The number of hydrogen-bond donors (Lipinski definition) is 6. The molecule has 214 valence electrons. The standard InChI is InChI=1S/C29H28N2O10/c1-40-8-9-41-28(38)31-16-4-2-13(3-5-16)17-6-7-19(32)22-18(17)11-14-10-15-12-20(33)23(27(30)37)26(36)29(15,39)25(35)21(14)24(22)34/h2-7,14-15,32,34,36,39H,8-12H2,1H3,(H2,30,37)(H,31,38)/t14-,15+,29+/m0/s1. The molecule has 41 heavy (non-hydrogen) atoms. The fraction of sp³-hybridized carbons (Fsp3) is 0.310. The van der Waals surface area contributed by atoms with Crippen molar-refractivity contribution >= 4 is 35.0 Å². The lowest BCUT2D eigenvalue weighted by molar-refractivity contribution is -0.147. The van der Waals surface area contributed by atoms with Crippen molar-refractivity contribution in [2.75, 3.05) is 25.6 Å². The number of phenolic OH excluding ortho intramolecular Hbond substituents is 1. The summed E-state index contributed by atoms with van der Waals surface area (Å²) in [5.74, 6) is -6.79. The van der Waals surface area contributed by atoms with Crippen molar-refractivity contribution in [1.29, 1.82) is 0 Å². The van der Waals surface area contributed by atoms with Crippen LogP contribution in [0.2, 0.25) is 0 Å². The Balaban J connectivity index is 1.52. The molecular weight excluding hydrogens is 536 g/mol. The molecule has 3 aliphatic rings. The van der Waals surface area contributed by atoms with E-state index < -0.39 is 64.5 Å². The van der Waals surface area contributed by atoms with Crippen LogP contribution in [-0.2, 0) is 30.3 Å². The summed E-state index contributed by atoms with van der Waals surface area (Å²) in [6.07, 6.45) is -0.834. The van der Waals surface area contributed by atoms with Crippen LogP contribution < -0.4 is 11.1 Å². The molecule has 0 heterocycles. The van der Waals surface area contributed by atoms with E-state index in [4.69, 9.17) is 15.2 Å². The van der Waals surface area contributed by atoms with E-state index >= 15 is 0 Å². The number of rotatable bonds is 6. The summed E-state index contributed by atoms with van der Waals surface area (Å²) < 4.78 is 9.83. The van der Waals surface area contributed by atoms with E-state index in [1.54, 1.807) is 30.3 Å². The van der Waals surface area contributed by atoms with E-state index in [9.17, 15) is 39.6 Å². The van der Waals surface area contributed by atoms with Crippen LogP contribution in [0, 0.1) is 11.8 Å². The molecule has 2 aromatic carbocycles. The zero-order valence-corrected chi connectivity index (χ0v) is 22.0. The van der Waals surface area contributed by atoms with E-state index in [1.165, 1.54) is 13.2 Å². The third-order valence-corrected chi connectivity index (χ3v) is 7.91. The van der Waals surface area contributed by atoms with E-state index in [2.05, 4.69) is 5.32 Å². The van der Waals surface area contributed by atoms with Gasteiger partial charge in [0.25, 0.3) is 5.91 Å². The molecule has 1 fully saturated rings. The minimum Gasteiger partial charge on any atom is -0.508 e. The number of carbonyl (C=O) groups is 4. The summed E-state index contributed by atoms with van der Waals surface area (Å²) in [6, 6.07) is 9.78. The van der Waals surface area contributed by atoms with Crippen LogP contribution in [0.5, 0.6) is 5.75 Å². The van der Waals surface area contributed by atoms with Gasteiger partial charge < -0.3 is 35.6 Å². The number of ether oxygens (including phenoxy) is 2. The summed E-state index contributed by atoms with van der Waals surface area (Å²) in [5, 5.41) is 46.6. The third kappa shape index (κ3) is 4.50.